The van der Waals surface area contributed by atoms with Crippen molar-refractivity contribution in [2.75, 3.05) is 20.2 Å². The van der Waals surface area contributed by atoms with E-state index in [0.717, 1.165) is 12.1 Å². The average Bonchev–Trinajstić information content (AvgIpc) is 2.43. The lowest BCUT2D eigenvalue weighted by Crippen LogP contribution is -2.42. The van der Waals surface area contributed by atoms with E-state index in [1.807, 2.05) is 0 Å². The Morgan fingerprint density at radius 2 is 1.91 bits per heavy atom. The van der Waals surface area contributed by atoms with Crippen LogP contribution in [0, 0.1) is 0 Å². The van der Waals surface area contributed by atoms with E-state index in [2.05, 4.69) is 37.9 Å². The van der Waals surface area contributed by atoms with Crippen LogP contribution in [-0.4, -0.2) is 43.1 Å². The zero-order chi connectivity index (χ0) is 16.7. The molecule has 0 aliphatic rings. The molecule has 1 aromatic carbocycles. The second-order valence-electron chi connectivity index (χ2n) is 5.91. The van der Waals surface area contributed by atoms with E-state index in [-0.39, 0.29) is 12.3 Å². The molecule has 0 bridgehead atoms. The largest absolute Gasteiger partial charge is 0.496 e. The van der Waals surface area contributed by atoms with Crippen LogP contribution in [0.15, 0.2) is 18.2 Å². The van der Waals surface area contributed by atoms with Gasteiger partial charge >= 0.3 is 0 Å². The Labute approximate surface area is 138 Å². The third kappa shape index (κ3) is 5.85. The summed E-state index contributed by atoms with van der Waals surface area (Å²) in [5.74, 6) is 0.665. The molecule has 0 aliphatic carbocycles. The van der Waals surface area contributed by atoms with Crippen LogP contribution in [0.5, 0.6) is 5.75 Å². The number of rotatable bonds is 8. The fraction of sp³-hybridized carbons (Fsp3) is 0.588. The standard InChI is InChI=1S/C17H27ClN2O2/c1-12(2)20(13(3)4)9-8-19-17(21)11-14-10-15(18)6-7-16(14)22-5/h6-7,10,12-13H,8-9,11H2,1-5H3,(H,19,21). The molecular formula is C17H27ClN2O2. The van der Waals surface area contributed by atoms with Crippen molar-refractivity contribution in [3.8, 4) is 5.75 Å². The summed E-state index contributed by atoms with van der Waals surface area (Å²) in [5.41, 5.74) is 0.803. The number of hydrogen-bond acceptors (Lipinski definition) is 3. The molecule has 1 amide bonds. The van der Waals surface area contributed by atoms with E-state index < -0.39 is 0 Å². The number of hydrogen-bond donors (Lipinski definition) is 1. The average molecular weight is 327 g/mol. The van der Waals surface area contributed by atoms with Crippen LogP contribution < -0.4 is 10.1 Å². The highest BCUT2D eigenvalue weighted by Gasteiger charge is 2.14. The van der Waals surface area contributed by atoms with Gasteiger partial charge in [0.1, 0.15) is 5.75 Å². The highest BCUT2D eigenvalue weighted by Crippen LogP contribution is 2.22. The Bertz CT molecular complexity index is 482. The van der Waals surface area contributed by atoms with E-state index >= 15 is 0 Å². The van der Waals surface area contributed by atoms with Gasteiger partial charge in [-0.15, -0.1) is 0 Å². The number of halogens is 1. The molecule has 5 heteroatoms. The molecule has 0 saturated heterocycles. The lowest BCUT2D eigenvalue weighted by Gasteiger charge is -2.30. The third-order valence-corrected chi connectivity index (χ3v) is 3.85. The van der Waals surface area contributed by atoms with Gasteiger partial charge in [0.25, 0.3) is 0 Å². The Morgan fingerprint density at radius 1 is 1.27 bits per heavy atom. The van der Waals surface area contributed by atoms with Gasteiger partial charge in [-0.05, 0) is 45.9 Å². The molecule has 22 heavy (non-hydrogen) atoms. The monoisotopic (exact) mass is 326 g/mol. The number of amides is 1. The Balaban J connectivity index is 2.52. The molecular weight excluding hydrogens is 300 g/mol. The summed E-state index contributed by atoms with van der Waals surface area (Å²) in [6, 6.07) is 6.23. The van der Waals surface area contributed by atoms with Crippen molar-refractivity contribution in [2.24, 2.45) is 0 Å². The van der Waals surface area contributed by atoms with E-state index in [1.165, 1.54) is 0 Å². The zero-order valence-electron chi connectivity index (χ0n) is 14.1. The molecule has 0 spiro atoms. The van der Waals surface area contributed by atoms with Crippen molar-refractivity contribution >= 4 is 17.5 Å². The van der Waals surface area contributed by atoms with Gasteiger partial charge in [0.2, 0.25) is 5.91 Å². The van der Waals surface area contributed by atoms with E-state index in [0.29, 0.717) is 29.4 Å². The number of carbonyl (C=O) groups is 1. The molecule has 0 heterocycles. The van der Waals surface area contributed by atoms with Crippen LogP contribution in [0.25, 0.3) is 0 Å². The number of ether oxygens (including phenoxy) is 1. The van der Waals surface area contributed by atoms with E-state index in [9.17, 15) is 4.79 Å². The van der Waals surface area contributed by atoms with Crippen LogP contribution in [-0.2, 0) is 11.2 Å². The molecule has 0 radical (unpaired) electrons. The SMILES string of the molecule is COc1ccc(Cl)cc1CC(=O)NCCN(C(C)C)C(C)C. The number of methoxy groups -OCH3 is 1. The first kappa shape index (κ1) is 18.8. The van der Waals surface area contributed by atoms with Gasteiger partial charge in [0.05, 0.1) is 13.5 Å². The smallest absolute Gasteiger partial charge is 0.224 e. The molecule has 1 aromatic rings. The summed E-state index contributed by atoms with van der Waals surface area (Å²) in [6.07, 6.45) is 0.271. The maximum absolute atomic E-state index is 12.1. The van der Waals surface area contributed by atoms with Crippen molar-refractivity contribution in [3.63, 3.8) is 0 Å². The minimum Gasteiger partial charge on any atom is -0.496 e. The van der Waals surface area contributed by atoms with Crippen LogP contribution in [0.2, 0.25) is 5.02 Å². The van der Waals surface area contributed by atoms with Gasteiger partial charge in [-0.1, -0.05) is 11.6 Å². The molecule has 1 rings (SSSR count). The summed E-state index contributed by atoms with van der Waals surface area (Å²) in [4.78, 5) is 14.4. The normalized spacial score (nSPS) is 11.3. The van der Waals surface area contributed by atoms with Gasteiger partial charge < -0.3 is 10.1 Å². The Kier molecular flexibility index (Phi) is 7.69. The molecule has 1 N–H and O–H groups in total. The molecule has 124 valence electrons. The van der Waals surface area contributed by atoms with Crippen molar-refractivity contribution < 1.29 is 9.53 Å². The van der Waals surface area contributed by atoms with Gasteiger partial charge in [-0.3, -0.25) is 9.69 Å². The fourth-order valence-electron chi connectivity index (χ4n) is 2.56. The van der Waals surface area contributed by atoms with Crippen molar-refractivity contribution in [3.05, 3.63) is 28.8 Å². The maximum Gasteiger partial charge on any atom is 0.224 e. The van der Waals surface area contributed by atoms with Crippen LogP contribution in [0.3, 0.4) is 0 Å². The molecule has 0 aliphatic heterocycles. The zero-order valence-corrected chi connectivity index (χ0v) is 14.9. The second kappa shape index (κ2) is 9.01. The minimum atomic E-state index is -0.0203. The summed E-state index contributed by atoms with van der Waals surface area (Å²) in [5, 5.41) is 3.57. The minimum absolute atomic E-state index is 0.0203. The first-order valence-electron chi connectivity index (χ1n) is 7.70. The molecule has 0 aromatic heterocycles. The van der Waals surface area contributed by atoms with Gasteiger partial charge in [-0.25, -0.2) is 0 Å². The highest BCUT2D eigenvalue weighted by molar-refractivity contribution is 6.30. The number of benzene rings is 1. The van der Waals surface area contributed by atoms with Gasteiger partial charge in [-0.2, -0.15) is 0 Å². The second-order valence-corrected chi connectivity index (χ2v) is 6.34. The molecule has 0 unspecified atom stereocenters. The summed E-state index contributed by atoms with van der Waals surface area (Å²) >= 11 is 5.98. The van der Waals surface area contributed by atoms with E-state index in [4.69, 9.17) is 16.3 Å². The first-order valence-corrected chi connectivity index (χ1v) is 8.07. The Morgan fingerprint density at radius 3 is 2.45 bits per heavy atom. The number of nitrogens with one attached hydrogen (secondary N) is 1. The summed E-state index contributed by atoms with van der Waals surface area (Å²) in [7, 11) is 1.59. The molecule has 0 fully saturated rings. The Hall–Kier alpha value is -1.26. The first-order chi connectivity index (χ1) is 10.3. The number of carbonyl (C=O) groups excluding carboxylic acids is 1. The van der Waals surface area contributed by atoms with Gasteiger partial charge in [0.15, 0.2) is 0 Å². The van der Waals surface area contributed by atoms with Crippen LogP contribution in [0.1, 0.15) is 33.3 Å². The summed E-state index contributed by atoms with van der Waals surface area (Å²) < 4.78 is 5.26. The quantitative estimate of drug-likeness (QED) is 0.798. The predicted molar refractivity (Wildman–Crippen MR) is 91.7 cm³/mol. The lowest BCUT2D eigenvalue weighted by atomic mass is 10.1. The van der Waals surface area contributed by atoms with Gasteiger partial charge in [0, 0.05) is 35.8 Å². The topological polar surface area (TPSA) is 41.6 Å². The fourth-order valence-corrected chi connectivity index (χ4v) is 2.75. The van der Waals surface area contributed by atoms with Crippen molar-refractivity contribution in [1.29, 1.82) is 0 Å². The summed E-state index contributed by atoms with van der Waals surface area (Å²) in [6.45, 7) is 10.1. The lowest BCUT2D eigenvalue weighted by molar-refractivity contribution is -0.120. The third-order valence-electron chi connectivity index (χ3n) is 3.61. The number of nitrogens with zero attached hydrogens (tertiary/aromatic N) is 1. The molecule has 0 atom stereocenters. The molecule has 4 nitrogen and oxygen atoms in total. The molecule has 0 saturated carbocycles. The maximum atomic E-state index is 12.1. The van der Waals surface area contributed by atoms with E-state index in [1.54, 1.807) is 25.3 Å². The van der Waals surface area contributed by atoms with Crippen molar-refractivity contribution in [1.82, 2.24) is 10.2 Å². The highest BCUT2D eigenvalue weighted by atomic mass is 35.5. The predicted octanol–water partition coefficient (Wildman–Crippen LogP) is 3.13. The van der Waals surface area contributed by atoms with Crippen LogP contribution >= 0.6 is 11.6 Å². The van der Waals surface area contributed by atoms with Crippen LogP contribution in [0.4, 0.5) is 0 Å². The van der Waals surface area contributed by atoms with Crippen molar-refractivity contribution in [2.45, 2.75) is 46.2 Å².